The van der Waals surface area contributed by atoms with Crippen LogP contribution in [0.1, 0.15) is 26.5 Å². The molecular weight excluding hydrogens is 192 g/mol. The van der Waals surface area contributed by atoms with Crippen LogP contribution >= 0.6 is 0 Å². The fraction of sp³-hybridized carbons (Fsp3) is 0.500. The summed E-state index contributed by atoms with van der Waals surface area (Å²) in [5.74, 6) is 0. The van der Waals surface area contributed by atoms with E-state index in [9.17, 15) is 4.79 Å². The van der Waals surface area contributed by atoms with Crippen molar-refractivity contribution in [2.24, 2.45) is 7.05 Å². The van der Waals surface area contributed by atoms with E-state index in [1.165, 1.54) is 0 Å². The van der Waals surface area contributed by atoms with Gasteiger partial charge < -0.3 is 9.55 Å². The number of nitrogens with zero attached hydrogens (tertiary/aromatic N) is 3. The molecule has 0 atom stereocenters. The van der Waals surface area contributed by atoms with Gasteiger partial charge in [0.25, 0.3) is 0 Å². The Kier molecular flexibility index (Phi) is 1.92. The van der Waals surface area contributed by atoms with Crippen molar-refractivity contribution in [2.45, 2.75) is 26.2 Å². The first kappa shape index (κ1) is 9.89. The summed E-state index contributed by atoms with van der Waals surface area (Å²) in [4.78, 5) is 22.3. The fourth-order valence-corrected chi connectivity index (χ4v) is 1.56. The van der Waals surface area contributed by atoms with Crippen molar-refractivity contribution in [3.8, 4) is 0 Å². The zero-order chi connectivity index (χ0) is 11.2. The van der Waals surface area contributed by atoms with Crippen LogP contribution in [0.2, 0.25) is 0 Å². The minimum Gasteiger partial charge on any atom is -0.318 e. The van der Waals surface area contributed by atoms with Gasteiger partial charge in [-0.15, -0.1) is 0 Å². The Morgan fingerprint density at radius 3 is 2.67 bits per heavy atom. The third kappa shape index (κ3) is 1.54. The van der Waals surface area contributed by atoms with E-state index in [4.69, 9.17) is 0 Å². The predicted molar refractivity (Wildman–Crippen MR) is 57.8 cm³/mol. The van der Waals surface area contributed by atoms with Gasteiger partial charge >= 0.3 is 5.69 Å². The maximum atomic E-state index is 11.4. The summed E-state index contributed by atoms with van der Waals surface area (Å²) in [5, 5.41) is 0. The number of imidazole rings is 1. The minimum atomic E-state index is -0.323. The van der Waals surface area contributed by atoms with Gasteiger partial charge in [0, 0.05) is 12.5 Å². The van der Waals surface area contributed by atoms with Gasteiger partial charge in [-0.05, 0) is 0 Å². The molecule has 80 valence electrons. The summed E-state index contributed by atoms with van der Waals surface area (Å²) >= 11 is 0. The van der Waals surface area contributed by atoms with E-state index in [1.807, 2.05) is 27.8 Å². The highest BCUT2D eigenvalue weighted by molar-refractivity contribution is 5.74. The minimum absolute atomic E-state index is 0.144. The van der Waals surface area contributed by atoms with E-state index in [0.29, 0.717) is 5.65 Å². The van der Waals surface area contributed by atoms with Crippen LogP contribution in [0.4, 0.5) is 0 Å². The van der Waals surface area contributed by atoms with Crippen LogP contribution < -0.4 is 5.69 Å². The topological polar surface area (TPSA) is 63.6 Å². The van der Waals surface area contributed by atoms with E-state index < -0.39 is 0 Å². The van der Waals surface area contributed by atoms with Crippen molar-refractivity contribution in [2.75, 3.05) is 0 Å². The highest BCUT2D eigenvalue weighted by Crippen LogP contribution is 2.24. The lowest BCUT2D eigenvalue weighted by Gasteiger charge is -2.18. The van der Waals surface area contributed by atoms with E-state index in [2.05, 4.69) is 15.0 Å². The Morgan fingerprint density at radius 1 is 1.40 bits per heavy atom. The Balaban J connectivity index is 2.90. The molecule has 2 heterocycles. The van der Waals surface area contributed by atoms with Gasteiger partial charge in [-0.25, -0.2) is 9.78 Å². The number of hydrogen-bond acceptors (Lipinski definition) is 3. The molecule has 0 saturated carbocycles. The van der Waals surface area contributed by atoms with Crippen molar-refractivity contribution in [3.63, 3.8) is 0 Å². The third-order valence-electron chi connectivity index (χ3n) is 2.33. The first-order valence-electron chi connectivity index (χ1n) is 4.81. The highest BCUT2D eigenvalue weighted by Gasteiger charge is 2.21. The van der Waals surface area contributed by atoms with Crippen LogP contribution in [-0.4, -0.2) is 19.5 Å². The summed E-state index contributed by atoms with van der Waals surface area (Å²) < 4.78 is 1.75. The number of nitrogens with one attached hydrogen (secondary N) is 1. The number of aryl methyl sites for hydroxylation is 1. The molecule has 2 aromatic heterocycles. The van der Waals surface area contributed by atoms with Gasteiger partial charge in [0.1, 0.15) is 5.52 Å². The van der Waals surface area contributed by atoms with Crippen LogP contribution in [-0.2, 0) is 12.5 Å². The average molecular weight is 206 g/mol. The van der Waals surface area contributed by atoms with Crippen molar-refractivity contribution < 1.29 is 0 Å². The van der Waals surface area contributed by atoms with Gasteiger partial charge in [0.2, 0.25) is 0 Å². The second-order valence-electron chi connectivity index (χ2n) is 4.69. The van der Waals surface area contributed by atoms with Crippen LogP contribution in [0.15, 0.2) is 11.1 Å². The second-order valence-corrected chi connectivity index (χ2v) is 4.69. The smallest absolute Gasteiger partial charge is 0.318 e. The number of H-pyrrole nitrogens is 1. The summed E-state index contributed by atoms with van der Waals surface area (Å²) in [7, 11) is 1.83. The first-order valence-corrected chi connectivity index (χ1v) is 4.81. The molecule has 0 radical (unpaired) electrons. The molecule has 5 nitrogen and oxygen atoms in total. The Labute approximate surface area is 87.2 Å². The highest BCUT2D eigenvalue weighted by atomic mass is 16.1. The molecule has 0 unspecified atom stereocenters. The fourth-order valence-electron chi connectivity index (χ4n) is 1.56. The molecule has 0 spiro atoms. The largest absolute Gasteiger partial charge is 0.347 e. The first-order chi connectivity index (χ1) is 6.89. The molecular formula is C10H14N4O. The normalized spacial score (nSPS) is 12.3. The molecule has 0 fully saturated rings. The molecule has 2 aromatic rings. The zero-order valence-corrected chi connectivity index (χ0v) is 9.33. The molecule has 0 aromatic carbocycles. The molecule has 15 heavy (non-hydrogen) atoms. The molecule has 5 heteroatoms. The number of aromatic nitrogens is 4. The maximum absolute atomic E-state index is 11.4. The molecule has 0 aliphatic rings. The van der Waals surface area contributed by atoms with Gasteiger partial charge in [0.15, 0.2) is 5.65 Å². The lowest BCUT2D eigenvalue weighted by molar-refractivity contribution is 0.570. The Bertz CT molecular complexity index is 559. The van der Waals surface area contributed by atoms with Crippen molar-refractivity contribution in [1.82, 2.24) is 19.5 Å². The molecule has 0 aliphatic carbocycles. The van der Waals surface area contributed by atoms with E-state index in [1.54, 1.807) is 10.9 Å². The van der Waals surface area contributed by atoms with Crippen LogP contribution in [0.25, 0.3) is 11.2 Å². The number of fused-ring (bicyclic) bond motifs is 1. The molecule has 1 N–H and O–H groups in total. The number of rotatable bonds is 0. The predicted octanol–water partition coefficient (Wildman–Crippen LogP) is 0.954. The monoisotopic (exact) mass is 206 g/mol. The van der Waals surface area contributed by atoms with Gasteiger partial charge in [-0.2, -0.15) is 4.98 Å². The van der Waals surface area contributed by atoms with Gasteiger partial charge in [0.05, 0.1) is 12.0 Å². The molecule has 0 aliphatic heterocycles. The van der Waals surface area contributed by atoms with Crippen molar-refractivity contribution >= 4 is 11.2 Å². The quantitative estimate of drug-likeness (QED) is 0.698. The molecule has 2 rings (SSSR count). The second kappa shape index (κ2) is 2.92. The number of hydrogen-bond donors (Lipinski definition) is 1. The van der Waals surface area contributed by atoms with E-state index in [-0.39, 0.29) is 11.1 Å². The molecule has 0 saturated heterocycles. The van der Waals surface area contributed by atoms with Crippen molar-refractivity contribution in [1.29, 1.82) is 0 Å². The standard InChI is InChI=1S/C10H14N4O/c1-10(2,3)7-6-8(13-9(15)12-7)14(4)5-11-6/h5H,1-4H3,(H,12,13,15). The van der Waals surface area contributed by atoms with E-state index >= 15 is 0 Å². The van der Waals surface area contributed by atoms with Crippen LogP contribution in [0, 0.1) is 0 Å². The van der Waals surface area contributed by atoms with Crippen LogP contribution in [0.5, 0.6) is 0 Å². The lowest BCUT2D eigenvalue weighted by Crippen LogP contribution is -2.22. The average Bonchev–Trinajstić information content (AvgIpc) is 2.45. The lowest BCUT2D eigenvalue weighted by atomic mass is 9.91. The SMILES string of the molecule is Cn1cnc2c(C(C)(C)C)[nH]c(=O)nc21. The summed E-state index contributed by atoms with van der Waals surface area (Å²) in [6.07, 6.45) is 1.67. The summed E-state index contributed by atoms with van der Waals surface area (Å²) in [6, 6.07) is 0. The summed E-state index contributed by atoms with van der Waals surface area (Å²) in [6.45, 7) is 6.10. The maximum Gasteiger partial charge on any atom is 0.347 e. The van der Waals surface area contributed by atoms with Gasteiger partial charge in [-0.1, -0.05) is 20.8 Å². The zero-order valence-electron chi connectivity index (χ0n) is 9.33. The number of aromatic amines is 1. The molecule has 0 bridgehead atoms. The van der Waals surface area contributed by atoms with Crippen LogP contribution in [0.3, 0.4) is 0 Å². The Morgan fingerprint density at radius 2 is 2.07 bits per heavy atom. The third-order valence-corrected chi connectivity index (χ3v) is 2.33. The Hall–Kier alpha value is -1.65. The molecule has 0 amide bonds. The van der Waals surface area contributed by atoms with Crippen molar-refractivity contribution in [3.05, 3.63) is 22.5 Å². The van der Waals surface area contributed by atoms with Gasteiger partial charge in [-0.3, -0.25) is 0 Å². The van der Waals surface area contributed by atoms with E-state index in [0.717, 1.165) is 11.2 Å². The summed E-state index contributed by atoms with van der Waals surface area (Å²) in [5.41, 5.74) is 1.76.